The molecule has 0 bridgehead atoms. The van der Waals surface area contributed by atoms with Crippen LogP contribution in [0.3, 0.4) is 0 Å². The number of allylic oxidation sites excluding steroid dienone is 2. The molecule has 0 spiro atoms. The van der Waals surface area contributed by atoms with Gasteiger partial charge in [-0.3, -0.25) is 14.6 Å². The molecule has 48 heavy (non-hydrogen) atoms. The first-order valence-corrected chi connectivity index (χ1v) is 17.0. The lowest BCUT2D eigenvalue weighted by atomic mass is 9.84. The Morgan fingerprint density at radius 1 is 1.12 bits per heavy atom. The predicted octanol–water partition coefficient (Wildman–Crippen LogP) is 7.22. The quantitative estimate of drug-likeness (QED) is 0.165. The fraction of sp³-hybridized carbons (Fsp3) is 0.528. The summed E-state index contributed by atoms with van der Waals surface area (Å²) in [5, 5.41) is 5.70. The summed E-state index contributed by atoms with van der Waals surface area (Å²) < 4.78 is 39.3. The molecular weight excluding hydrogens is 638 g/mol. The Kier molecular flexibility index (Phi) is 13.6. The van der Waals surface area contributed by atoms with E-state index < -0.39 is 29.6 Å². The van der Waals surface area contributed by atoms with E-state index in [1.807, 2.05) is 27.7 Å². The minimum atomic E-state index is -1.00. The highest BCUT2D eigenvalue weighted by atomic mass is 32.1. The van der Waals surface area contributed by atoms with Gasteiger partial charge in [-0.15, -0.1) is 11.3 Å². The molecule has 0 saturated heterocycles. The van der Waals surface area contributed by atoms with Gasteiger partial charge < -0.3 is 19.7 Å². The van der Waals surface area contributed by atoms with Crippen molar-refractivity contribution in [3.05, 3.63) is 74.4 Å². The summed E-state index contributed by atoms with van der Waals surface area (Å²) in [5.41, 5.74) is 1.58. The van der Waals surface area contributed by atoms with E-state index in [0.717, 1.165) is 24.5 Å². The zero-order valence-corrected chi connectivity index (χ0v) is 30.2. The molecule has 1 aliphatic rings. The second kappa shape index (κ2) is 16.9. The highest BCUT2D eigenvalue weighted by Gasteiger charge is 2.35. The molecule has 2 aromatic rings. The Bertz CT molecular complexity index is 1560. The number of likely N-dealkylation sites (N-methyl/N-ethyl adjacent to an activating group) is 1. The maximum Gasteiger partial charge on any atom is 0.338 e. The van der Waals surface area contributed by atoms with Gasteiger partial charge in [0.05, 0.1) is 25.7 Å². The number of hydrogen-bond donors (Lipinski definition) is 1. The van der Waals surface area contributed by atoms with E-state index >= 15 is 0 Å². The zero-order chi connectivity index (χ0) is 35.8. The highest BCUT2D eigenvalue weighted by Crippen LogP contribution is 2.38. The molecule has 3 atom stereocenters. The Morgan fingerprint density at radius 2 is 1.83 bits per heavy atom. The third-order valence-electron chi connectivity index (χ3n) is 8.76. The van der Waals surface area contributed by atoms with Crippen molar-refractivity contribution in [3.8, 4) is 0 Å². The van der Waals surface area contributed by atoms with Gasteiger partial charge in [-0.25, -0.2) is 18.6 Å². The van der Waals surface area contributed by atoms with Crippen molar-refractivity contribution < 1.29 is 32.6 Å². The summed E-state index contributed by atoms with van der Waals surface area (Å²) in [6.07, 6.45) is 6.72. The number of aliphatic imine (C=N–C) groups is 1. The third-order valence-corrected chi connectivity index (χ3v) is 9.54. The average molecular weight is 687 g/mol. The van der Waals surface area contributed by atoms with Gasteiger partial charge in [0.2, 0.25) is 5.91 Å². The van der Waals surface area contributed by atoms with Crippen molar-refractivity contribution in [2.45, 2.75) is 91.6 Å². The molecular formula is C36H48F2N4O5S. The van der Waals surface area contributed by atoms with Crippen LogP contribution in [0.1, 0.15) is 95.3 Å². The van der Waals surface area contributed by atoms with E-state index in [-0.39, 0.29) is 34.5 Å². The largest absolute Gasteiger partial charge is 0.469 e. The Labute approximate surface area is 286 Å². The molecule has 0 saturated carbocycles. The first kappa shape index (κ1) is 38.5. The molecule has 12 heteroatoms. The molecule has 1 aliphatic heterocycles. The summed E-state index contributed by atoms with van der Waals surface area (Å²) in [5.74, 6) is -3.17. The number of benzene rings is 1. The van der Waals surface area contributed by atoms with Crippen molar-refractivity contribution >= 4 is 35.0 Å². The van der Waals surface area contributed by atoms with Gasteiger partial charge in [0.15, 0.2) is 22.5 Å². The fourth-order valence-corrected chi connectivity index (χ4v) is 6.37. The van der Waals surface area contributed by atoms with Crippen molar-refractivity contribution in [1.29, 1.82) is 0 Å². The van der Waals surface area contributed by atoms with E-state index in [9.17, 15) is 23.2 Å². The van der Waals surface area contributed by atoms with Gasteiger partial charge in [0.25, 0.3) is 0 Å². The van der Waals surface area contributed by atoms with Crippen LogP contribution in [-0.4, -0.2) is 60.4 Å². The van der Waals surface area contributed by atoms with E-state index in [1.54, 1.807) is 29.6 Å². The number of amidine groups is 1. The standard InChI is InChI=1S/C36H48F2N4O5S/c1-10-11-23(12-13-24(34(44)46-8)18-21(2)19-28(43)42(7)36(4,5)6)20-27-29(35(45)47-9)31(25-14-15-26(37)30(38)22(25)3)41-32(40-27)33-39-16-17-48-33/h14-17,19,23-24,31H,10-13,18,20H2,1-9H3,(H,40,41). The number of amides is 1. The average Bonchev–Trinajstić information content (AvgIpc) is 3.59. The molecule has 0 aliphatic carbocycles. The van der Waals surface area contributed by atoms with Gasteiger partial charge in [-0.05, 0) is 83.4 Å². The second-order valence-corrected chi connectivity index (χ2v) is 14.1. The Balaban J connectivity index is 1.97. The number of methoxy groups -OCH3 is 2. The molecule has 3 unspecified atom stereocenters. The highest BCUT2D eigenvalue weighted by molar-refractivity contribution is 7.11. The molecule has 262 valence electrons. The monoisotopic (exact) mass is 686 g/mol. The van der Waals surface area contributed by atoms with Crippen molar-refractivity contribution in [2.24, 2.45) is 16.8 Å². The number of aromatic nitrogens is 1. The molecule has 0 fully saturated rings. The van der Waals surface area contributed by atoms with Crippen LogP contribution in [0.15, 0.2) is 51.6 Å². The van der Waals surface area contributed by atoms with Crippen molar-refractivity contribution in [3.63, 3.8) is 0 Å². The number of nitrogens with one attached hydrogen (secondary N) is 1. The van der Waals surface area contributed by atoms with E-state index in [1.165, 1.54) is 38.5 Å². The van der Waals surface area contributed by atoms with Crippen LogP contribution in [0.5, 0.6) is 0 Å². The van der Waals surface area contributed by atoms with Crippen molar-refractivity contribution in [1.82, 2.24) is 15.2 Å². The molecule has 0 radical (unpaired) electrons. The van der Waals surface area contributed by atoms with Crippen LogP contribution in [0.4, 0.5) is 8.78 Å². The number of esters is 2. The third kappa shape index (κ3) is 9.58. The van der Waals surface area contributed by atoms with Crippen LogP contribution in [-0.2, 0) is 23.9 Å². The van der Waals surface area contributed by atoms with Crippen LogP contribution < -0.4 is 5.32 Å². The van der Waals surface area contributed by atoms with Gasteiger partial charge >= 0.3 is 11.9 Å². The van der Waals surface area contributed by atoms with Crippen LogP contribution >= 0.6 is 11.3 Å². The smallest absolute Gasteiger partial charge is 0.338 e. The summed E-state index contributed by atoms with van der Waals surface area (Å²) >= 11 is 1.35. The van der Waals surface area contributed by atoms with Gasteiger partial charge in [-0.1, -0.05) is 31.4 Å². The minimum absolute atomic E-state index is 0.0181. The van der Waals surface area contributed by atoms with Crippen LogP contribution in [0.25, 0.3) is 0 Å². The SMILES string of the molecule is CCCC(CCC(CC(C)=CC(=O)N(C)C(C)(C)C)C(=O)OC)CC1=C(C(=O)OC)C(c2ccc(F)c(F)c2C)N=C(c2nccs2)N1. The van der Waals surface area contributed by atoms with E-state index in [4.69, 9.17) is 14.5 Å². The minimum Gasteiger partial charge on any atom is -0.469 e. The molecule has 1 N–H and O–H groups in total. The normalized spacial score (nSPS) is 16.5. The molecule has 2 heterocycles. The first-order chi connectivity index (χ1) is 22.6. The topological polar surface area (TPSA) is 110 Å². The Hall–Kier alpha value is -3.93. The van der Waals surface area contributed by atoms with Gasteiger partial charge in [0.1, 0.15) is 6.04 Å². The summed E-state index contributed by atoms with van der Waals surface area (Å²) in [4.78, 5) is 50.0. The van der Waals surface area contributed by atoms with Gasteiger partial charge in [0, 0.05) is 35.9 Å². The molecule has 9 nitrogen and oxygen atoms in total. The number of halogens is 2. The number of carbonyl (C=O) groups is 3. The summed E-state index contributed by atoms with van der Waals surface area (Å²) in [6, 6.07) is 1.51. The fourth-order valence-electron chi connectivity index (χ4n) is 5.78. The van der Waals surface area contributed by atoms with Crippen molar-refractivity contribution in [2.75, 3.05) is 21.3 Å². The number of ether oxygens (including phenoxy) is 2. The number of thiazole rings is 1. The van der Waals surface area contributed by atoms with Gasteiger partial charge in [-0.2, -0.15) is 0 Å². The number of nitrogens with zero attached hydrogens (tertiary/aromatic N) is 3. The maximum absolute atomic E-state index is 14.8. The molecule has 1 aromatic heterocycles. The zero-order valence-electron chi connectivity index (χ0n) is 29.4. The Morgan fingerprint density at radius 3 is 2.42 bits per heavy atom. The van der Waals surface area contributed by atoms with Crippen LogP contribution in [0.2, 0.25) is 0 Å². The summed E-state index contributed by atoms with van der Waals surface area (Å²) in [7, 11) is 4.38. The van der Waals surface area contributed by atoms with Crippen LogP contribution in [0, 0.1) is 30.4 Å². The predicted molar refractivity (Wildman–Crippen MR) is 183 cm³/mol. The second-order valence-electron chi connectivity index (χ2n) is 13.2. The molecule has 3 rings (SSSR count). The number of rotatable bonds is 14. The lowest BCUT2D eigenvalue weighted by molar-refractivity contribution is -0.145. The number of hydrogen-bond acceptors (Lipinski definition) is 9. The first-order valence-electron chi connectivity index (χ1n) is 16.2. The summed E-state index contributed by atoms with van der Waals surface area (Å²) in [6.45, 7) is 11.2. The van der Waals surface area contributed by atoms with E-state index in [0.29, 0.717) is 47.8 Å². The van der Waals surface area contributed by atoms with E-state index in [2.05, 4.69) is 17.2 Å². The number of carbonyl (C=O) groups excluding carboxylic acids is 3. The lowest BCUT2D eigenvalue weighted by Crippen LogP contribution is -2.41. The lowest BCUT2D eigenvalue weighted by Gasteiger charge is -2.31. The molecule has 1 aromatic carbocycles. The molecule has 1 amide bonds. The maximum atomic E-state index is 14.8.